The predicted octanol–water partition coefficient (Wildman–Crippen LogP) is 3.03. The van der Waals surface area contributed by atoms with Crippen molar-refractivity contribution < 1.29 is 34.1 Å². The minimum Gasteiger partial charge on any atom is -0.449 e. The van der Waals surface area contributed by atoms with Crippen LogP contribution in [0.25, 0.3) is 0 Å². The Labute approximate surface area is 124 Å². The van der Waals surface area contributed by atoms with Crippen LogP contribution in [0.15, 0.2) is 48.5 Å². The van der Waals surface area contributed by atoms with Gasteiger partial charge in [0, 0.05) is 11.1 Å². The van der Waals surface area contributed by atoms with Crippen LogP contribution >= 0.6 is 0 Å². The van der Waals surface area contributed by atoms with Crippen molar-refractivity contribution in [1.82, 2.24) is 0 Å². The Bertz CT molecular complexity index is 675. The van der Waals surface area contributed by atoms with Crippen LogP contribution in [-0.2, 0) is 0 Å². The Morgan fingerprint density at radius 1 is 0.727 bits per heavy atom. The molecule has 0 heterocycles. The Hall–Kier alpha value is -3.35. The van der Waals surface area contributed by atoms with Gasteiger partial charge in [-0.1, -0.05) is 24.3 Å². The Balaban J connectivity index is 2.28. The van der Waals surface area contributed by atoms with E-state index in [1.165, 1.54) is 48.5 Å². The van der Waals surface area contributed by atoms with E-state index in [0.29, 0.717) is 0 Å². The normalized spacial score (nSPS) is 9.82. The maximum absolute atomic E-state index is 12.3. The van der Waals surface area contributed by atoms with Gasteiger partial charge < -0.3 is 19.7 Å². The maximum Gasteiger partial charge on any atom is 0.511 e. The highest BCUT2D eigenvalue weighted by Gasteiger charge is 2.12. The molecule has 22 heavy (non-hydrogen) atoms. The molecule has 0 unspecified atom stereocenters. The molecule has 112 valence electrons. The summed E-state index contributed by atoms with van der Waals surface area (Å²) in [5, 5.41) is 17.1. The summed E-state index contributed by atoms with van der Waals surface area (Å²) < 4.78 is 8.96. The maximum atomic E-state index is 12.3. The van der Waals surface area contributed by atoms with E-state index < -0.39 is 18.1 Å². The third-order valence-corrected chi connectivity index (χ3v) is 2.60. The lowest BCUT2D eigenvalue weighted by molar-refractivity contribution is 0.103. The highest BCUT2D eigenvalue weighted by atomic mass is 16.7. The van der Waals surface area contributed by atoms with Gasteiger partial charge in [-0.25, -0.2) is 9.59 Å². The summed E-state index contributed by atoms with van der Waals surface area (Å²) in [6.07, 6.45) is -2.97. The molecule has 0 amide bonds. The molecule has 0 aliphatic rings. The number of ketones is 1. The summed E-state index contributed by atoms with van der Waals surface area (Å²) in [7, 11) is 0. The molecule has 0 aliphatic heterocycles. The molecule has 0 atom stereocenters. The molecule has 0 saturated carbocycles. The van der Waals surface area contributed by atoms with Crippen LogP contribution in [0.5, 0.6) is 11.5 Å². The summed E-state index contributed by atoms with van der Waals surface area (Å²) in [6, 6.07) is 11.3. The number of carbonyl (C=O) groups is 3. The molecule has 0 aromatic heterocycles. The fourth-order valence-electron chi connectivity index (χ4n) is 1.77. The van der Waals surface area contributed by atoms with Gasteiger partial charge in [0.25, 0.3) is 0 Å². The molecule has 7 heteroatoms. The first-order valence-electron chi connectivity index (χ1n) is 6.02. The van der Waals surface area contributed by atoms with Gasteiger partial charge in [0.2, 0.25) is 0 Å². The molecule has 0 radical (unpaired) electrons. The lowest BCUT2D eigenvalue weighted by atomic mass is 10.0. The van der Waals surface area contributed by atoms with E-state index >= 15 is 0 Å². The Kier molecular flexibility index (Phi) is 4.38. The molecule has 0 aliphatic carbocycles. The van der Waals surface area contributed by atoms with Crippen molar-refractivity contribution in [3.05, 3.63) is 59.7 Å². The van der Waals surface area contributed by atoms with Gasteiger partial charge in [-0.05, 0) is 24.3 Å². The molecular weight excluding hydrogens is 292 g/mol. The summed E-state index contributed by atoms with van der Waals surface area (Å²) in [5.41, 5.74) is 0.400. The van der Waals surface area contributed by atoms with E-state index in [0.717, 1.165) is 0 Å². The van der Waals surface area contributed by atoms with E-state index in [1.54, 1.807) is 0 Å². The minimum atomic E-state index is -1.48. The highest BCUT2D eigenvalue weighted by Crippen LogP contribution is 2.20. The van der Waals surface area contributed by atoms with Crippen LogP contribution < -0.4 is 9.47 Å². The third kappa shape index (κ3) is 3.83. The zero-order chi connectivity index (χ0) is 16.1. The SMILES string of the molecule is O=C(O)Oc1cccc(C(=O)c2cccc(OC(=O)O)c2)c1. The topological polar surface area (TPSA) is 110 Å². The molecule has 2 rings (SSSR count). The van der Waals surface area contributed by atoms with Crippen molar-refractivity contribution >= 4 is 18.1 Å². The van der Waals surface area contributed by atoms with E-state index in [2.05, 4.69) is 9.47 Å². The largest absolute Gasteiger partial charge is 0.511 e. The van der Waals surface area contributed by atoms with Crippen LogP contribution in [0.1, 0.15) is 15.9 Å². The summed E-state index contributed by atoms with van der Waals surface area (Å²) >= 11 is 0. The number of hydrogen-bond acceptors (Lipinski definition) is 5. The highest BCUT2D eigenvalue weighted by molar-refractivity contribution is 6.09. The standard InChI is InChI=1S/C15H10O7/c16-13(9-3-1-5-11(7-9)21-14(17)18)10-4-2-6-12(8-10)22-15(19)20/h1-8H,(H,17,18)(H,19,20). The average molecular weight is 302 g/mol. The van der Waals surface area contributed by atoms with Crippen molar-refractivity contribution in [3.63, 3.8) is 0 Å². The van der Waals surface area contributed by atoms with Gasteiger partial charge in [0.1, 0.15) is 11.5 Å². The molecule has 0 bridgehead atoms. The molecule has 0 spiro atoms. The molecule has 2 N–H and O–H groups in total. The van der Waals surface area contributed by atoms with Crippen molar-refractivity contribution in [2.24, 2.45) is 0 Å². The molecule has 2 aromatic carbocycles. The van der Waals surface area contributed by atoms with Gasteiger partial charge >= 0.3 is 12.3 Å². The van der Waals surface area contributed by atoms with Gasteiger partial charge in [-0.15, -0.1) is 0 Å². The van der Waals surface area contributed by atoms with E-state index in [1.807, 2.05) is 0 Å². The average Bonchev–Trinajstić information content (AvgIpc) is 2.45. The lowest BCUT2D eigenvalue weighted by Gasteiger charge is -2.05. The number of carbonyl (C=O) groups excluding carboxylic acids is 1. The van der Waals surface area contributed by atoms with Gasteiger partial charge in [0.05, 0.1) is 0 Å². The fourth-order valence-corrected chi connectivity index (χ4v) is 1.77. The van der Waals surface area contributed by atoms with Crippen molar-refractivity contribution in [3.8, 4) is 11.5 Å². The smallest absolute Gasteiger partial charge is 0.449 e. The molecule has 0 fully saturated rings. The molecule has 2 aromatic rings. The van der Waals surface area contributed by atoms with Crippen molar-refractivity contribution in [2.75, 3.05) is 0 Å². The first-order valence-corrected chi connectivity index (χ1v) is 6.02. The second-order valence-electron chi connectivity index (χ2n) is 4.12. The van der Waals surface area contributed by atoms with Crippen LogP contribution in [0.3, 0.4) is 0 Å². The van der Waals surface area contributed by atoms with Gasteiger partial charge in [0.15, 0.2) is 5.78 Å². The Morgan fingerprint density at radius 2 is 1.14 bits per heavy atom. The van der Waals surface area contributed by atoms with Crippen LogP contribution in [0, 0.1) is 0 Å². The van der Waals surface area contributed by atoms with Crippen LogP contribution in [-0.4, -0.2) is 28.3 Å². The summed E-state index contributed by atoms with van der Waals surface area (Å²) in [6.45, 7) is 0. The second-order valence-corrected chi connectivity index (χ2v) is 4.12. The molecule has 7 nitrogen and oxygen atoms in total. The van der Waals surface area contributed by atoms with Crippen molar-refractivity contribution in [2.45, 2.75) is 0 Å². The monoisotopic (exact) mass is 302 g/mol. The van der Waals surface area contributed by atoms with Gasteiger partial charge in [-0.2, -0.15) is 0 Å². The third-order valence-electron chi connectivity index (χ3n) is 2.60. The number of rotatable bonds is 4. The predicted molar refractivity (Wildman–Crippen MR) is 73.6 cm³/mol. The minimum absolute atomic E-state index is 0.0105. The van der Waals surface area contributed by atoms with Crippen LogP contribution in [0.2, 0.25) is 0 Å². The first-order chi connectivity index (χ1) is 10.5. The second kappa shape index (κ2) is 6.40. The van der Waals surface area contributed by atoms with E-state index in [-0.39, 0.29) is 22.6 Å². The number of hydrogen-bond donors (Lipinski definition) is 2. The lowest BCUT2D eigenvalue weighted by Crippen LogP contribution is -2.07. The number of ether oxygens (including phenoxy) is 2. The number of carboxylic acid groups (broad SMARTS) is 2. The van der Waals surface area contributed by atoms with E-state index in [4.69, 9.17) is 10.2 Å². The fraction of sp³-hybridized carbons (Fsp3) is 0. The number of benzene rings is 2. The quantitative estimate of drug-likeness (QED) is 0.507. The Morgan fingerprint density at radius 3 is 1.50 bits per heavy atom. The zero-order valence-corrected chi connectivity index (χ0v) is 11.1. The van der Waals surface area contributed by atoms with Crippen LogP contribution in [0.4, 0.5) is 9.59 Å². The molecular formula is C15H10O7. The molecule has 0 saturated heterocycles. The zero-order valence-electron chi connectivity index (χ0n) is 11.1. The summed E-state index contributed by atoms with van der Waals surface area (Å²) in [4.78, 5) is 33.3. The van der Waals surface area contributed by atoms with Crippen molar-refractivity contribution in [1.29, 1.82) is 0 Å². The first kappa shape index (κ1) is 15.0. The summed E-state index contributed by atoms with van der Waals surface area (Å²) in [5.74, 6) is -0.403. The van der Waals surface area contributed by atoms with E-state index in [9.17, 15) is 14.4 Å². The van der Waals surface area contributed by atoms with Gasteiger partial charge in [-0.3, -0.25) is 4.79 Å².